The molecule has 1 aromatic carbocycles. The molecule has 0 aliphatic rings. The van der Waals surface area contributed by atoms with Gasteiger partial charge in [-0.25, -0.2) is 4.79 Å². The standard InChI is InChI=1S/C20H20N2O4S/c1-25-20(24)17-8-2-3-9-18(17)21-19(23)14-22(12-15-6-4-10-26-15)13-16-7-5-11-27-16/h2-11H,12-14H2,1H3,(H,21,23)/p+1. The molecule has 2 N–H and O–H groups in total. The smallest absolute Gasteiger partial charge is 0.339 e. The molecule has 0 saturated carbocycles. The lowest BCUT2D eigenvalue weighted by Crippen LogP contribution is -3.10. The summed E-state index contributed by atoms with van der Waals surface area (Å²) in [4.78, 5) is 26.7. The van der Waals surface area contributed by atoms with E-state index in [1.54, 1.807) is 41.9 Å². The molecular formula is C20H21N2O4S+. The third kappa shape index (κ3) is 5.29. The van der Waals surface area contributed by atoms with Gasteiger partial charge in [-0.15, -0.1) is 11.3 Å². The largest absolute Gasteiger partial charge is 0.465 e. The van der Waals surface area contributed by atoms with Crippen molar-refractivity contribution in [1.82, 2.24) is 0 Å². The molecule has 6 nitrogen and oxygen atoms in total. The second-order valence-electron chi connectivity index (χ2n) is 6.02. The maximum absolute atomic E-state index is 12.6. The number of ether oxygens (including phenoxy) is 1. The van der Waals surface area contributed by atoms with Crippen LogP contribution in [0.25, 0.3) is 0 Å². The normalized spacial score (nSPS) is 11.7. The Morgan fingerprint density at radius 2 is 1.96 bits per heavy atom. The van der Waals surface area contributed by atoms with Crippen molar-refractivity contribution in [1.29, 1.82) is 0 Å². The third-order valence-electron chi connectivity index (χ3n) is 4.03. The van der Waals surface area contributed by atoms with E-state index in [0.29, 0.717) is 24.3 Å². The molecule has 0 spiro atoms. The average molecular weight is 385 g/mol. The molecule has 2 heterocycles. The molecule has 3 aromatic rings. The minimum Gasteiger partial charge on any atom is -0.465 e. The predicted molar refractivity (Wildman–Crippen MR) is 103 cm³/mol. The fourth-order valence-electron chi connectivity index (χ4n) is 2.81. The Bertz CT molecular complexity index is 839. The summed E-state index contributed by atoms with van der Waals surface area (Å²) in [7, 11) is 1.32. The summed E-state index contributed by atoms with van der Waals surface area (Å²) in [6.45, 7) is 1.55. The van der Waals surface area contributed by atoms with Crippen LogP contribution < -0.4 is 10.2 Å². The van der Waals surface area contributed by atoms with Crippen LogP contribution in [0.4, 0.5) is 5.69 Å². The van der Waals surface area contributed by atoms with E-state index in [1.165, 1.54) is 12.0 Å². The number of hydrogen-bond donors (Lipinski definition) is 2. The lowest BCUT2D eigenvalue weighted by Gasteiger charge is -2.18. The van der Waals surface area contributed by atoms with Crippen LogP contribution in [0.5, 0.6) is 0 Å². The van der Waals surface area contributed by atoms with Crippen LogP contribution in [0.2, 0.25) is 0 Å². The molecular weight excluding hydrogens is 364 g/mol. The molecule has 2 aromatic heterocycles. The van der Waals surface area contributed by atoms with Crippen LogP contribution in [-0.2, 0) is 22.6 Å². The van der Waals surface area contributed by atoms with Crippen LogP contribution in [0.1, 0.15) is 21.0 Å². The molecule has 0 aliphatic heterocycles. The fourth-order valence-corrected chi connectivity index (χ4v) is 3.58. The first kappa shape index (κ1) is 18.9. The first-order chi connectivity index (χ1) is 13.2. The monoisotopic (exact) mass is 385 g/mol. The molecule has 27 heavy (non-hydrogen) atoms. The van der Waals surface area contributed by atoms with Gasteiger partial charge in [0.2, 0.25) is 0 Å². The van der Waals surface area contributed by atoms with E-state index in [1.807, 2.05) is 23.6 Å². The Kier molecular flexibility index (Phi) is 6.40. The Balaban J connectivity index is 1.69. The van der Waals surface area contributed by atoms with Crippen LogP contribution in [-0.4, -0.2) is 25.5 Å². The third-order valence-corrected chi connectivity index (χ3v) is 4.90. The van der Waals surface area contributed by atoms with Crippen LogP contribution >= 0.6 is 11.3 Å². The number of methoxy groups -OCH3 is 1. The van der Waals surface area contributed by atoms with Crippen molar-refractivity contribution in [3.63, 3.8) is 0 Å². The highest BCUT2D eigenvalue weighted by Gasteiger charge is 2.19. The van der Waals surface area contributed by atoms with Crippen molar-refractivity contribution in [3.8, 4) is 0 Å². The fraction of sp³-hybridized carbons (Fsp3) is 0.200. The molecule has 140 valence electrons. The van der Waals surface area contributed by atoms with Crippen molar-refractivity contribution in [2.45, 2.75) is 13.1 Å². The summed E-state index contributed by atoms with van der Waals surface area (Å²) in [5, 5.41) is 4.85. The van der Waals surface area contributed by atoms with E-state index in [9.17, 15) is 9.59 Å². The first-order valence-corrected chi connectivity index (χ1v) is 9.39. The quantitative estimate of drug-likeness (QED) is 0.584. The van der Waals surface area contributed by atoms with E-state index in [4.69, 9.17) is 9.15 Å². The summed E-state index contributed by atoms with van der Waals surface area (Å²) < 4.78 is 10.2. The Morgan fingerprint density at radius 3 is 2.67 bits per heavy atom. The average Bonchev–Trinajstić information content (AvgIpc) is 3.35. The highest BCUT2D eigenvalue weighted by atomic mass is 32.1. The molecule has 7 heteroatoms. The Labute approximate surface area is 161 Å². The first-order valence-electron chi connectivity index (χ1n) is 8.51. The maximum Gasteiger partial charge on any atom is 0.339 e. The Morgan fingerprint density at radius 1 is 1.11 bits per heavy atom. The van der Waals surface area contributed by atoms with Gasteiger partial charge in [0.15, 0.2) is 12.3 Å². The second-order valence-corrected chi connectivity index (χ2v) is 7.06. The number of carbonyl (C=O) groups excluding carboxylic acids is 2. The molecule has 0 bridgehead atoms. The zero-order valence-electron chi connectivity index (χ0n) is 14.9. The summed E-state index contributed by atoms with van der Waals surface area (Å²) in [6.07, 6.45) is 1.63. The minimum absolute atomic E-state index is 0.176. The summed E-state index contributed by atoms with van der Waals surface area (Å²) >= 11 is 1.66. The highest BCUT2D eigenvalue weighted by molar-refractivity contribution is 7.09. The maximum atomic E-state index is 12.6. The van der Waals surface area contributed by atoms with Crippen LogP contribution in [0.3, 0.4) is 0 Å². The molecule has 0 fully saturated rings. The molecule has 1 unspecified atom stereocenters. The number of benzene rings is 1. The zero-order chi connectivity index (χ0) is 19.1. The number of carbonyl (C=O) groups is 2. The summed E-state index contributed by atoms with van der Waals surface area (Å²) in [5.41, 5.74) is 0.780. The van der Waals surface area contributed by atoms with Crippen molar-refractivity contribution in [3.05, 3.63) is 76.4 Å². The molecule has 1 atom stereocenters. The van der Waals surface area contributed by atoms with E-state index in [0.717, 1.165) is 10.7 Å². The Hall–Kier alpha value is -2.90. The van der Waals surface area contributed by atoms with Gasteiger partial charge in [0.1, 0.15) is 13.1 Å². The van der Waals surface area contributed by atoms with Gasteiger partial charge in [-0.1, -0.05) is 18.2 Å². The topological polar surface area (TPSA) is 73.0 Å². The number of furan rings is 1. The van der Waals surface area contributed by atoms with E-state index in [-0.39, 0.29) is 12.5 Å². The number of esters is 1. The molecule has 1 amide bonds. The number of quaternary nitrogens is 1. The SMILES string of the molecule is COC(=O)c1ccccc1NC(=O)C[NH+](Cc1ccco1)Cc1cccs1. The molecule has 0 radical (unpaired) electrons. The zero-order valence-corrected chi connectivity index (χ0v) is 15.8. The lowest BCUT2D eigenvalue weighted by atomic mass is 10.2. The number of thiophene rings is 1. The number of hydrogen-bond acceptors (Lipinski definition) is 5. The van der Waals surface area contributed by atoms with Gasteiger partial charge in [0, 0.05) is 0 Å². The number of para-hydroxylation sites is 1. The molecule has 3 rings (SSSR count). The summed E-state index contributed by atoms with van der Waals surface area (Å²) in [5.74, 6) is 0.165. The van der Waals surface area contributed by atoms with Gasteiger partial charge >= 0.3 is 5.97 Å². The second kappa shape index (κ2) is 9.16. The lowest BCUT2D eigenvalue weighted by molar-refractivity contribution is -0.920. The van der Waals surface area contributed by atoms with E-state index >= 15 is 0 Å². The number of nitrogens with one attached hydrogen (secondary N) is 2. The summed E-state index contributed by atoms with van der Waals surface area (Å²) in [6, 6.07) is 14.6. The number of amides is 1. The van der Waals surface area contributed by atoms with Gasteiger partial charge < -0.3 is 19.4 Å². The predicted octanol–water partition coefficient (Wildman–Crippen LogP) is 2.35. The van der Waals surface area contributed by atoms with Crippen molar-refractivity contribution >= 4 is 28.9 Å². The van der Waals surface area contributed by atoms with Gasteiger partial charge in [-0.2, -0.15) is 0 Å². The van der Waals surface area contributed by atoms with Gasteiger partial charge in [0.25, 0.3) is 5.91 Å². The molecule has 0 aliphatic carbocycles. The molecule has 0 saturated heterocycles. The van der Waals surface area contributed by atoms with Crippen LogP contribution in [0.15, 0.2) is 64.6 Å². The van der Waals surface area contributed by atoms with Crippen molar-refractivity contribution in [2.75, 3.05) is 19.0 Å². The van der Waals surface area contributed by atoms with E-state index < -0.39 is 5.97 Å². The van der Waals surface area contributed by atoms with Gasteiger partial charge in [-0.05, 0) is 35.7 Å². The minimum atomic E-state index is -0.482. The van der Waals surface area contributed by atoms with Crippen molar-refractivity contribution < 1.29 is 23.6 Å². The van der Waals surface area contributed by atoms with E-state index in [2.05, 4.69) is 11.4 Å². The van der Waals surface area contributed by atoms with Gasteiger partial charge in [0.05, 0.1) is 29.5 Å². The van der Waals surface area contributed by atoms with Crippen LogP contribution in [0, 0.1) is 0 Å². The number of rotatable bonds is 8. The van der Waals surface area contributed by atoms with Gasteiger partial charge in [-0.3, -0.25) is 4.79 Å². The highest BCUT2D eigenvalue weighted by Crippen LogP contribution is 2.15. The van der Waals surface area contributed by atoms with Crippen molar-refractivity contribution in [2.24, 2.45) is 0 Å². The number of anilines is 1.